The predicted molar refractivity (Wildman–Crippen MR) is 97.8 cm³/mol. The topological polar surface area (TPSA) is 150 Å². The van der Waals surface area contributed by atoms with Crippen LogP contribution >= 0.6 is 12.4 Å². The number of nitrogens with one attached hydrogen (secondary N) is 2. The Morgan fingerprint density at radius 2 is 1.52 bits per heavy atom. The van der Waals surface area contributed by atoms with Crippen LogP contribution in [0, 0.1) is 0 Å². The third-order valence-corrected chi connectivity index (χ3v) is 1.41. The predicted octanol–water partition coefficient (Wildman–Crippen LogP) is 1.68. The highest BCUT2D eigenvalue weighted by Gasteiger charge is 1.90. The maximum absolute atomic E-state index is 9.82. The minimum Gasteiger partial charge on any atom is -0.465 e. The molecule has 0 aliphatic carbocycles. The maximum Gasteiger partial charge on any atom is 0.404 e. The lowest BCUT2D eigenvalue weighted by Crippen LogP contribution is -2.22. The second-order valence-corrected chi connectivity index (χ2v) is 2.83. The van der Waals surface area contributed by atoms with Gasteiger partial charge in [-0.1, -0.05) is 35.6 Å². The quantitative estimate of drug-likeness (QED) is 0.544. The lowest BCUT2D eigenvalue weighted by molar-refractivity contribution is 0.194. The average molecular weight is 340 g/mol. The summed E-state index contributed by atoms with van der Waals surface area (Å²) >= 11 is 0. The SMILES string of the molecule is C.C.CC.CCCNC.Cl.NCCCCNC(=O)O.O.O. The van der Waals surface area contributed by atoms with E-state index in [0.717, 1.165) is 19.4 Å². The Balaban J connectivity index is -0.0000000210. The van der Waals surface area contributed by atoms with Crippen molar-refractivity contribution >= 4 is 18.5 Å². The largest absolute Gasteiger partial charge is 0.465 e. The molecule has 0 saturated carbocycles. The summed E-state index contributed by atoms with van der Waals surface area (Å²) in [6.45, 7) is 8.42. The van der Waals surface area contributed by atoms with Crippen molar-refractivity contribution in [3.8, 4) is 0 Å². The molecule has 0 aliphatic heterocycles. The van der Waals surface area contributed by atoms with Crippen LogP contribution in [0.4, 0.5) is 4.79 Å². The number of nitrogens with two attached hydrogens (primary N) is 1. The van der Waals surface area contributed by atoms with Crippen LogP contribution in [0.5, 0.6) is 0 Å². The van der Waals surface area contributed by atoms with E-state index in [2.05, 4.69) is 17.6 Å². The Labute approximate surface area is 138 Å². The van der Waals surface area contributed by atoms with Crippen molar-refractivity contribution < 1.29 is 20.9 Å². The van der Waals surface area contributed by atoms with Gasteiger partial charge in [-0.3, -0.25) is 0 Å². The van der Waals surface area contributed by atoms with Crippen molar-refractivity contribution in [2.24, 2.45) is 5.73 Å². The molecule has 0 aromatic heterocycles. The van der Waals surface area contributed by atoms with E-state index in [0.29, 0.717) is 13.1 Å². The lowest BCUT2D eigenvalue weighted by atomic mass is 10.3. The molecule has 0 aromatic carbocycles. The molecule has 0 radical (unpaired) electrons. The normalized spacial score (nSPS) is 6.14. The Morgan fingerprint density at radius 1 is 1.10 bits per heavy atom. The second-order valence-electron chi connectivity index (χ2n) is 2.83. The third-order valence-electron chi connectivity index (χ3n) is 1.41. The average Bonchev–Trinajstić information content (AvgIpc) is 2.29. The Kier molecular flexibility index (Phi) is 144. The molecule has 0 aliphatic rings. The summed E-state index contributed by atoms with van der Waals surface area (Å²) in [6.07, 6.45) is 1.96. The number of unbranched alkanes of at least 4 members (excludes halogenated alkanes) is 1. The van der Waals surface area contributed by atoms with Crippen molar-refractivity contribution in [2.75, 3.05) is 26.7 Å². The molecule has 9 N–H and O–H groups in total. The summed E-state index contributed by atoms with van der Waals surface area (Å²) in [5.74, 6) is 0. The zero-order valence-corrected chi connectivity index (χ0v) is 13.4. The van der Waals surface area contributed by atoms with Crippen LogP contribution in [0.15, 0.2) is 0 Å². The van der Waals surface area contributed by atoms with Gasteiger partial charge in [-0.05, 0) is 39.4 Å². The van der Waals surface area contributed by atoms with Crippen LogP contribution in [-0.4, -0.2) is 48.8 Å². The summed E-state index contributed by atoms with van der Waals surface area (Å²) < 4.78 is 0. The van der Waals surface area contributed by atoms with E-state index >= 15 is 0 Å². The Morgan fingerprint density at radius 3 is 1.71 bits per heavy atom. The minimum atomic E-state index is -0.966. The molecule has 0 spiro atoms. The molecule has 0 rings (SSSR count). The molecule has 0 atom stereocenters. The smallest absolute Gasteiger partial charge is 0.404 e. The third kappa shape index (κ3) is 107. The zero-order chi connectivity index (χ0) is 13.2. The number of hydrogen-bond acceptors (Lipinski definition) is 3. The molecule has 0 saturated heterocycles. The van der Waals surface area contributed by atoms with E-state index in [1.54, 1.807) is 0 Å². The van der Waals surface area contributed by atoms with E-state index in [4.69, 9.17) is 10.8 Å². The van der Waals surface area contributed by atoms with Gasteiger partial charge < -0.3 is 32.4 Å². The highest BCUT2D eigenvalue weighted by Crippen LogP contribution is 1.81. The molecule has 0 aromatic rings. The first-order valence-electron chi connectivity index (χ1n) is 6.00. The Bertz CT molecular complexity index is 132. The van der Waals surface area contributed by atoms with Crippen LogP contribution < -0.4 is 16.4 Å². The monoisotopic (exact) mass is 339 g/mol. The number of carbonyl (C=O) groups is 1. The minimum absolute atomic E-state index is 0. The summed E-state index contributed by atoms with van der Waals surface area (Å²) in [6, 6.07) is 0. The van der Waals surface area contributed by atoms with Crippen molar-refractivity contribution in [3.63, 3.8) is 0 Å². The summed E-state index contributed by atoms with van der Waals surface area (Å²) in [5, 5.41) is 13.3. The van der Waals surface area contributed by atoms with E-state index in [1.165, 1.54) is 6.42 Å². The van der Waals surface area contributed by atoms with E-state index in [9.17, 15) is 4.79 Å². The molecule has 0 unspecified atom stereocenters. The molecular weight excluding hydrogens is 298 g/mol. The van der Waals surface area contributed by atoms with Crippen LogP contribution in [-0.2, 0) is 0 Å². The number of halogens is 1. The van der Waals surface area contributed by atoms with Gasteiger partial charge in [0.15, 0.2) is 0 Å². The van der Waals surface area contributed by atoms with Gasteiger partial charge in [-0.2, -0.15) is 0 Å². The maximum atomic E-state index is 9.82. The van der Waals surface area contributed by atoms with Gasteiger partial charge in [0.1, 0.15) is 0 Å². The first-order chi connectivity index (χ1) is 7.68. The van der Waals surface area contributed by atoms with Gasteiger partial charge in [-0.25, -0.2) is 4.79 Å². The fourth-order valence-corrected chi connectivity index (χ4v) is 0.715. The fraction of sp³-hybridized carbons (Fsp3) is 0.923. The number of hydrogen-bond donors (Lipinski definition) is 4. The van der Waals surface area contributed by atoms with Crippen molar-refractivity contribution in [2.45, 2.75) is 54.9 Å². The first-order valence-corrected chi connectivity index (χ1v) is 6.00. The van der Waals surface area contributed by atoms with Gasteiger partial charge in [0.05, 0.1) is 0 Å². The van der Waals surface area contributed by atoms with Crippen LogP contribution in [0.1, 0.15) is 54.9 Å². The van der Waals surface area contributed by atoms with Crippen molar-refractivity contribution in [3.05, 3.63) is 0 Å². The molecule has 0 heterocycles. The summed E-state index contributed by atoms with van der Waals surface area (Å²) in [4.78, 5) is 9.82. The van der Waals surface area contributed by atoms with Gasteiger partial charge in [0.25, 0.3) is 0 Å². The number of rotatable bonds is 6. The van der Waals surface area contributed by atoms with Gasteiger partial charge in [0, 0.05) is 6.54 Å². The standard InChI is InChI=1S/C5H12N2O2.C4H11N.C2H6.2CH4.ClH.2H2O/c6-3-1-2-4-7-5(8)9;1-3-4-5-2;1-2;;;;;/h7H,1-4,6H2,(H,8,9);5H,3-4H2,1-2H3;1-2H3;2*1H4;1H;2*1H2. The van der Waals surface area contributed by atoms with E-state index in [1.807, 2.05) is 20.9 Å². The molecule has 0 fully saturated rings. The van der Waals surface area contributed by atoms with Crippen molar-refractivity contribution in [1.82, 2.24) is 10.6 Å². The zero-order valence-electron chi connectivity index (χ0n) is 12.6. The highest BCUT2D eigenvalue weighted by molar-refractivity contribution is 5.85. The molecule has 1 amide bonds. The van der Waals surface area contributed by atoms with Gasteiger partial charge in [0.2, 0.25) is 0 Å². The molecule has 8 heteroatoms. The molecule has 21 heavy (non-hydrogen) atoms. The Hall–Kier alpha value is -0.600. The van der Waals surface area contributed by atoms with E-state index < -0.39 is 6.09 Å². The summed E-state index contributed by atoms with van der Waals surface area (Å²) in [5.41, 5.74) is 5.17. The van der Waals surface area contributed by atoms with Gasteiger partial charge in [-0.15, -0.1) is 12.4 Å². The van der Waals surface area contributed by atoms with Crippen LogP contribution in [0.2, 0.25) is 0 Å². The fourth-order valence-electron chi connectivity index (χ4n) is 0.715. The number of amides is 1. The summed E-state index contributed by atoms with van der Waals surface area (Å²) in [7, 11) is 1.96. The van der Waals surface area contributed by atoms with E-state index in [-0.39, 0.29) is 38.2 Å². The lowest BCUT2D eigenvalue weighted by Gasteiger charge is -1.96. The van der Waals surface area contributed by atoms with Gasteiger partial charge >= 0.3 is 6.09 Å². The van der Waals surface area contributed by atoms with Crippen LogP contribution in [0.3, 0.4) is 0 Å². The number of carboxylic acid groups (broad SMARTS) is 1. The molecular formula is C13H42ClN3O4. The molecule has 0 bridgehead atoms. The molecule has 7 nitrogen and oxygen atoms in total. The first kappa shape index (κ1) is 49.9. The highest BCUT2D eigenvalue weighted by atomic mass is 35.5. The molecule has 140 valence electrons. The second kappa shape index (κ2) is 60.7. The van der Waals surface area contributed by atoms with Crippen molar-refractivity contribution in [1.29, 1.82) is 0 Å². The van der Waals surface area contributed by atoms with Crippen LogP contribution in [0.25, 0.3) is 0 Å².